The highest BCUT2D eigenvalue weighted by molar-refractivity contribution is 5.92. The molecule has 10 nitrogen and oxygen atoms in total. The van der Waals surface area contributed by atoms with Crippen LogP contribution in [0.25, 0.3) is 11.0 Å². The smallest absolute Gasteiger partial charge is 0.229 e. The number of imidazole rings is 1. The van der Waals surface area contributed by atoms with Crippen LogP contribution in [0.15, 0.2) is 30.5 Å². The lowest BCUT2D eigenvalue weighted by Gasteiger charge is -2.32. The van der Waals surface area contributed by atoms with Gasteiger partial charge < -0.3 is 14.4 Å². The van der Waals surface area contributed by atoms with Crippen molar-refractivity contribution in [2.45, 2.75) is 39.2 Å². The Hall–Kier alpha value is -3.84. The van der Waals surface area contributed by atoms with Crippen molar-refractivity contribution in [2.75, 3.05) is 38.5 Å². The summed E-state index contributed by atoms with van der Waals surface area (Å²) in [6.45, 7) is 7.53. The quantitative estimate of drug-likeness (QED) is 0.558. The van der Waals surface area contributed by atoms with Crippen LogP contribution >= 0.6 is 0 Å². The third-order valence-corrected chi connectivity index (χ3v) is 6.35. The van der Waals surface area contributed by atoms with Gasteiger partial charge >= 0.3 is 0 Å². The number of benzene rings is 1. The first-order valence-electron chi connectivity index (χ1n) is 11.9. The highest BCUT2D eigenvalue weighted by atomic mass is 16.2. The molecule has 1 aliphatic heterocycles. The van der Waals surface area contributed by atoms with Crippen molar-refractivity contribution >= 4 is 28.8 Å². The van der Waals surface area contributed by atoms with Gasteiger partial charge in [0.2, 0.25) is 17.8 Å². The van der Waals surface area contributed by atoms with E-state index in [0.29, 0.717) is 31.2 Å². The van der Waals surface area contributed by atoms with Gasteiger partial charge in [0.25, 0.3) is 0 Å². The van der Waals surface area contributed by atoms with Gasteiger partial charge in [-0.25, -0.2) is 15.0 Å². The lowest BCUT2D eigenvalue weighted by Crippen LogP contribution is -2.47. The summed E-state index contributed by atoms with van der Waals surface area (Å²) in [5.41, 5.74) is 3.00. The maximum absolute atomic E-state index is 12.5. The molecule has 182 valence electrons. The average molecular weight is 475 g/mol. The van der Waals surface area contributed by atoms with Gasteiger partial charge in [0, 0.05) is 51.8 Å². The fourth-order valence-electron chi connectivity index (χ4n) is 4.32. The fraction of sp³-hybridized carbons (Fsp3) is 0.440. The Morgan fingerprint density at radius 1 is 1.14 bits per heavy atom. The maximum Gasteiger partial charge on any atom is 0.229 e. The summed E-state index contributed by atoms with van der Waals surface area (Å²) in [5.74, 6) is -0.367. The first kappa shape index (κ1) is 24.3. The molecule has 2 aromatic heterocycles. The first-order chi connectivity index (χ1) is 16.9. The zero-order valence-corrected chi connectivity index (χ0v) is 20.4. The number of hydrogen-bond acceptors (Lipinski definition) is 7. The van der Waals surface area contributed by atoms with Crippen molar-refractivity contribution in [3.63, 3.8) is 0 Å². The predicted octanol–water partition coefficient (Wildman–Crippen LogP) is 2.30. The molecular formula is C25H30N8O2. The van der Waals surface area contributed by atoms with E-state index in [9.17, 15) is 14.9 Å². The molecule has 1 N–H and O–H groups in total. The van der Waals surface area contributed by atoms with E-state index in [4.69, 9.17) is 4.98 Å². The SMILES string of the molecule is CCn1c(C(C#N)c2nc(NC(=O)CCC(=O)N3CCN(C)CC3)ncc2C)nc2ccccc21. The van der Waals surface area contributed by atoms with Gasteiger partial charge in [-0.05, 0) is 38.6 Å². The number of nitrogens with one attached hydrogen (secondary N) is 1. The van der Waals surface area contributed by atoms with E-state index < -0.39 is 5.92 Å². The van der Waals surface area contributed by atoms with E-state index in [2.05, 4.69) is 26.3 Å². The van der Waals surface area contributed by atoms with Crippen LogP contribution in [-0.4, -0.2) is 74.4 Å². The molecule has 0 spiro atoms. The molecule has 0 radical (unpaired) electrons. The monoisotopic (exact) mass is 474 g/mol. The summed E-state index contributed by atoms with van der Waals surface area (Å²) in [5, 5.41) is 12.7. The molecule has 3 aromatic rings. The number of nitriles is 1. The highest BCUT2D eigenvalue weighted by Gasteiger charge is 2.25. The van der Waals surface area contributed by atoms with E-state index in [-0.39, 0.29) is 30.6 Å². The normalized spacial score (nSPS) is 15.1. The van der Waals surface area contributed by atoms with Gasteiger partial charge in [-0.2, -0.15) is 5.26 Å². The molecule has 1 unspecified atom stereocenters. The van der Waals surface area contributed by atoms with Gasteiger partial charge in [-0.15, -0.1) is 0 Å². The molecule has 1 atom stereocenters. The Balaban J connectivity index is 1.48. The van der Waals surface area contributed by atoms with Crippen LogP contribution in [0.4, 0.5) is 5.95 Å². The standard InChI is InChI=1S/C25H30N8O2/c1-4-33-20-8-6-5-7-19(20)28-24(33)18(15-26)23-17(2)16-27-25(30-23)29-21(34)9-10-22(35)32-13-11-31(3)12-14-32/h5-8,16,18H,4,9-14H2,1-3H3,(H,27,29,30,34). The number of piperazine rings is 1. The molecule has 35 heavy (non-hydrogen) atoms. The summed E-state index contributed by atoms with van der Waals surface area (Å²) in [4.78, 5) is 42.4. The van der Waals surface area contributed by atoms with Crippen molar-refractivity contribution in [3.05, 3.63) is 47.5 Å². The third-order valence-electron chi connectivity index (χ3n) is 6.35. The molecule has 0 bridgehead atoms. The lowest BCUT2D eigenvalue weighted by molar-refractivity contribution is -0.134. The first-order valence-corrected chi connectivity index (χ1v) is 11.9. The molecule has 0 aliphatic carbocycles. The number of carbonyl (C=O) groups is 2. The number of aryl methyl sites for hydroxylation is 2. The molecular weight excluding hydrogens is 444 g/mol. The summed E-state index contributed by atoms with van der Waals surface area (Å²) in [6.07, 6.45) is 1.78. The summed E-state index contributed by atoms with van der Waals surface area (Å²) in [6, 6.07) is 10.1. The van der Waals surface area contributed by atoms with Gasteiger partial charge in [-0.3, -0.25) is 14.9 Å². The van der Waals surface area contributed by atoms with Crippen molar-refractivity contribution in [1.29, 1.82) is 5.26 Å². The lowest BCUT2D eigenvalue weighted by atomic mass is 10.0. The average Bonchev–Trinajstić information content (AvgIpc) is 3.23. The van der Waals surface area contributed by atoms with Crippen LogP contribution < -0.4 is 5.32 Å². The number of likely N-dealkylation sites (N-methyl/N-ethyl adjacent to an activating group) is 1. The number of hydrogen-bond donors (Lipinski definition) is 1. The number of rotatable bonds is 7. The van der Waals surface area contributed by atoms with Crippen LogP contribution in [0.3, 0.4) is 0 Å². The number of anilines is 1. The number of nitrogens with zero attached hydrogens (tertiary/aromatic N) is 7. The van der Waals surface area contributed by atoms with Crippen LogP contribution in [0.5, 0.6) is 0 Å². The number of para-hydroxylation sites is 2. The Kier molecular flexibility index (Phi) is 7.36. The van der Waals surface area contributed by atoms with Crippen LogP contribution in [0, 0.1) is 18.3 Å². The van der Waals surface area contributed by atoms with Gasteiger partial charge in [0.1, 0.15) is 11.7 Å². The Labute approximate surface area is 204 Å². The number of amides is 2. The summed E-state index contributed by atoms with van der Waals surface area (Å²) < 4.78 is 2.01. The molecule has 1 saturated heterocycles. The van der Waals surface area contributed by atoms with Gasteiger partial charge in [0.05, 0.1) is 22.8 Å². The topological polar surface area (TPSA) is 120 Å². The van der Waals surface area contributed by atoms with Crippen molar-refractivity contribution < 1.29 is 9.59 Å². The molecule has 4 rings (SSSR count). The van der Waals surface area contributed by atoms with E-state index in [1.807, 2.05) is 49.7 Å². The summed E-state index contributed by atoms with van der Waals surface area (Å²) >= 11 is 0. The Bertz CT molecular complexity index is 1270. The molecule has 1 aromatic carbocycles. The number of fused-ring (bicyclic) bond motifs is 1. The van der Waals surface area contributed by atoms with Crippen LogP contribution in [-0.2, 0) is 16.1 Å². The van der Waals surface area contributed by atoms with E-state index >= 15 is 0 Å². The molecule has 2 amide bonds. The van der Waals surface area contributed by atoms with Crippen molar-refractivity contribution in [2.24, 2.45) is 0 Å². The number of carbonyl (C=O) groups excluding carboxylic acids is 2. The summed E-state index contributed by atoms with van der Waals surface area (Å²) in [7, 11) is 2.03. The zero-order valence-electron chi connectivity index (χ0n) is 20.4. The second kappa shape index (κ2) is 10.6. The van der Waals surface area contributed by atoms with Crippen LogP contribution in [0.1, 0.15) is 42.8 Å². The molecule has 10 heteroatoms. The minimum Gasteiger partial charge on any atom is -0.340 e. The van der Waals surface area contributed by atoms with Crippen molar-refractivity contribution in [3.8, 4) is 6.07 Å². The van der Waals surface area contributed by atoms with Gasteiger partial charge in [0.15, 0.2) is 0 Å². The number of aromatic nitrogens is 4. The Morgan fingerprint density at radius 2 is 1.89 bits per heavy atom. The minimum atomic E-state index is -0.722. The van der Waals surface area contributed by atoms with Gasteiger partial charge in [-0.1, -0.05) is 12.1 Å². The Morgan fingerprint density at radius 3 is 2.60 bits per heavy atom. The van der Waals surface area contributed by atoms with E-state index in [1.54, 1.807) is 11.1 Å². The second-order valence-corrected chi connectivity index (χ2v) is 8.76. The molecule has 3 heterocycles. The molecule has 0 saturated carbocycles. The maximum atomic E-state index is 12.5. The van der Waals surface area contributed by atoms with Crippen molar-refractivity contribution in [1.82, 2.24) is 29.3 Å². The minimum absolute atomic E-state index is 0.0261. The van der Waals surface area contributed by atoms with E-state index in [0.717, 1.165) is 29.7 Å². The largest absolute Gasteiger partial charge is 0.340 e. The zero-order chi connectivity index (χ0) is 24.9. The molecule has 1 fully saturated rings. The fourth-order valence-corrected chi connectivity index (χ4v) is 4.32. The third kappa shape index (κ3) is 5.30. The molecule has 1 aliphatic rings. The second-order valence-electron chi connectivity index (χ2n) is 8.76. The predicted molar refractivity (Wildman–Crippen MR) is 132 cm³/mol. The van der Waals surface area contributed by atoms with Crippen LogP contribution in [0.2, 0.25) is 0 Å². The van der Waals surface area contributed by atoms with E-state index in [1.165, 1.54) is 0 Å². The highest BCUT2D eigenvalue weighted by Crippen LogP contribution is 2.28.